The molecule has 17 heavy (non-hydrogen) atoms. The summed E-state index contributed by atoms with van der Waals surface area (Å²) in [6, 6.07) is -1.40. The molecule has 0 rings (SSSR count). The van der Waals surface area contributed by atoms with Crippen LogP contribution in [0, 0.1) is 5.92 Å². The highest BCUT2D eigenvalue weighted by Gasteiger charge is 2.21. The topological polar surface area (TPSA) is 78.9 Å². The molecule has 0 aromatic carbocycles. The lowest BCUT2D eigenvalue weighted by Crippen LogP contribution is -2.49. The van der Waals surface area contributed by atoms with Gasteiger partial charge < -0.3 is 20.1 Å². The first-order valence-electron chi connectivity index (χ1n) is 5.61. The van der Waals surface area contributed by atoms with Gasteiger partial charge in [-0.2, -0.15) is 0 Å². The summed E-state index contributed by atoms with van der Waals surface area (Å²) >= 11 is 0. The number of carbonyl (C=O) groups is 2. The number of methoxy groups -OCH3 is 1. The number of rotatable bonds is 7. The number of hydrogen-bond acceptors (Lipinski definition) is 3. The van der Waals surface area contributed by atoms with Gasteiger partial charge in [-0.1, -0.05) is 13.8 Å². The van der Waals surface area contributed by atoms with Crippen LogP contribution in [0.25, 0.3) is 0 Å². The molecule has 0 heterocycles. The van der Waals surface area contributed by atoms with Crippen molar-refractivity contribution in [1.29, 1.82) is 0 Å². The summed E-state index contributed by atoms with van der Waals surface area (Å²) in [4.78, 5) is 23.9. The second-order valence-electron chi connectivity index (χ2n) is 4.40. The number of carboxylic acid groups (broad SMARTS) is 1. The number of carboxylic acids is 1. The molecule has 0 aliphatic carbocycles. The molecular formula is C11H22N2O4. The highest BCUT2D eigenvalue weighted by Crippen LogP contribution is 2.01. The van der Waals surface area contributed by atoms with Crippen LogP contribution < -0.4 is 5.32 Å². The summed E-state index contributed by atoms with van der Waals surface area (Å²) in [5.41, 5.74) is 0. The first-order chi connectivity index (χ1) is 7.88. The molecule has 2 amide bonds. The number of nitrogens with zero attached hydrogens (tertiary/aromatic N) is 1. The van der Waals surface area contributed by atoms with E-state index in [4.69, 9.17) is 9.84 Å². The van der Waals surface area contributed by atoms with Crippen LogP contribution in [0.5, 0.6) is 0 Å². The van der Waals surface area contributed by atoms with Gasteiger partial charge in [0.2, 0.25) is 0 Å². The lowest BCUT2D eigenvalue weighted by Gasteiger charge is -2.21. The van der Waals surface area contributed by atoms with E-state index >= 15 is 0 Å². The molecule has 0 saturated heterocycles. The van der Waals surface area contributed by atoms with Crippen molar-refractivity contribution in [3.63, 3.8) is 0 Å². The van der Waals surface area contributed by atoms with Crippen LogP contribution >= 0.6 is 0 Å². The van der Waals surface area contributed by atoms with Crippen molar-refractivity contribution in [3.05, 3.63) is 0 Å². The fourth-order valence-corrected chi connectivity index (χ4v) is 1.15. The average Bonchev–Trinajstić information content (AvgIpc) is 2.24. The van der Waals surface area contributed by atoms with Crippen LogP contribution in [-0.2, 0) is 9.53 Å². The molecule has 0 fully saturated rings. The van der Waals surface area contributed by atoms with Crippen molar-refractivity contribution in [2.24, 2.45) is 5.92 Å². The minimum atomic E-state index is -1.10. The van der Waals surface area contributed by atoms with Gasteiger partial charge in [0.25, 0.3) is 0 Å². The van der Waals surface area contributed by atoms with Crippen LogP contribution in [0.3, 0.4) is 0 Å². The number of ether oxygens (including phenoxy) is 1. The van der Waals surface area contributed by atoms with E-state index in [2.05, 4.69) is 19.2 Å². The van der Waals surface area contributed by atoms with Crippen molar-refractivity contribution < 1.29 is 19.4 Å². The molecule has 0 radical (unpaired) electrons. The Kier molecular flexibility index (Phi) is 7.29. The summed E-state index contributed by atoms with van der Waals surface area (Å²) in [5.74, 6) is -0.600. The third-order valence-corrected chi connectivity index (χ3v) is 2.32. The fourth-order valence-electron chi connectivity index (χ4n) is 1.15. The molecule has 0 bridgehead atoms. The van der Waals surface area contributed by atoms with E-state index in [-0.39, 0.29) is 6.61 Å². The molecule has 0 aliphatic heterocycles. The normalized spacial score (nSPS) is 12.3. The van der Waals surface area contributed by atoms with E-state index in [0.717, 1.165) is 6.42 Å². The second-order valence-corrected chi connectivity index (χ2v) is 4.40. The summed E-state index contributed by atoms with van der Waals surface area (Å²) in [6.07, 6.45) is 0.881. The van der Waals surface area contributed by atoms with Gasteiger partial charge in [-0.25, -0.2) is 9.59 Å². The van der Waals surface area contributed by atoms with E-state index in [1.807, 2.05) is 0 Å². The summed E-state index contributed by atoms with van der Waals surface area (Å²) in [7, 11) is 3.04. The van der Waals surface area contributed by atoms with Crippen molar-refractivity contribution in [3.8, 4) is 0 Å². The lowest BCUT2D eigenvalue weighted by molar-refractivity contribution is -0.140. The lowest BCUT2D eigenvalue weighted by atomic mass is 10.1. The Morgan fingerprint density at radius 2 is 2.00 bits per heavy atom. The molecule has 0 saturated carbocycles. The predicted octanol–water partition coefficient (Wildman–Crippen LogP) is 0.773. The maximum Gasteiger partial charge on any atom is 0.328 e. The fraction of sp³-hybridized carbons (Fsp3) is 0.818. The van der Waals surface area contributed by atoms with Crippen LogP contribution in [-0.4, -0.2) is 55.4 Å². The highest BCUT2D eigenvalue weighted by atomic mass is 16.5. The molecule has 6 nitrogen and oxygen atoms in total. The van der Waals surface area contributed by atoms with E-state index in [1.54, 1.807) is 7.05 Å². The third-order valence-electron chi connectivity index (χ3n) is 2.32. The maximum absolute atomic E-state index is 11.6. The van der Waals surface area contributed by atoms with Gasteiger partial charge in [0.15, 0.2) is 6.04 Å². The zero-order valence-electron chi connectivity index (χ0n) is 10.9. The molecule has 0 aromatic heterocycles. The molecule has 2 N–H and O–H groups in total. The molecule has 0 aromatic rings. The minimum Gasteiger partial charge on any atom is -0.480 e. The zero-order chi connectivity index (χ0) is 13.4. The Balaban J connectivity index is 4.15. The molecular weight excluding hydrogens is 224 g/mol. The van der Waals surface area contributed by atoms with Gasteiger partial charge >= 0.3 is 12.0 Å². The first-order valence-corrected chi connectivity index (χ1v) is 5.61. The average molecular weight is 246 g/mol. The van der Waals surface area contributed by atoms with Crippen molar-refractivity contribution in [2.45, 2.75) is 26.3 Å². The van der Waals surface area contributed by atoms with Crippen LogP contribution in [0.4, 0.5) is 4.79 Å². The van der Waals surface area contributed by atoms with Crippen LogP contribution in [0.1, 0.15) is 20.3 Å². The number of aliphatic carboxylic acids is 1. The number of nitrogens with one attached hydrogen (secondary N) is 1. The third kappa shape index (κ3) is 6.78. The van der Waals surface area contributed by atoms with Crippen molar-refractivity contribution in [2.75, 3.05) is 27.3 Å². The van der Waals surface area contributed by atoms with Gasteiger partial charge in [-0.15, -0.1) is 0 Å². The molecule has 1 atom stereocenters. The molecule has 0 spiro atoms. The Labute approximate surface area is 102 Å². The largest absolute Gasteiger partial charge is 0.480 e. The first kappa shape index (κ1) is 15.7. The van der Waals surface area contributed by atoms with E-state index in [0.29, 0.717) is 12.5 Å². The molecule has 6 heteroatoms. The Morgan fingerprint density at radius 3 is 2.41 bits per heavy atom. The summed E-state index contributed by atoms with van der Waals surface area (Å²) in [5, 5.41) is 11.2. The van der Waals surface area contributed by atoms with Gasteiger partial charge in [-0.05, 0) is 12.3 Å². The Morgan fingerprint density at radius 1 is 1.41 bits per heavy atom. The minimum absolute atomic E-state index is 0.0426. The van der Waals surface area contributed by atoms with Crippen LogP contribution in [0.2, 0.25) is 0 Å². The smallest absolute Gasteiger partial charge is 0.328 e. The summed E-state index contributed by atoms with van der Waals surface area (Å²) in [6.45, 7) is 4.69. The van der Waals surface area contributed by atoms with Gasteiger partial charge in [0.1, 0.15) is 0 Å². The number of amides is 2. The van der Waals surface area contributed by atoms with Crippen LogP contribution in [0.15, 0.2) is 0 Å². The quantitative estimate of drug-likeness (QED) is 0.695. The number of urea groups is 1. The maximum atomic E-state index is 11.6. The van der Waals surface area contributed by atoms with E-state index < -0.39 is 18.0 Å². The molecule has 0 aliphatic rings. The van der Waals surface area contributed by atoms with Gasteiger partial charge in [0.05, 0.1) is 6.61 Å². The van der Waals surface area contributed by atoms with Crippen molar-refractivity contribution in [1.82, 2.24) is 10.2 Å². The SMILES string of the molecule is COCC(NC(=O)N(C)CCC(C)C)C(=O)O. The zero-order valence-corrected chi connectivity index (χ0v) is 10.9. The molecule has 1 unspecified atom stereocenters. The molecule has 100 valence electrons. The van der Waals surface area contributed by atoms with E-state index in [1.165, 1.54) is 12.0 Å². The Hall–Kier alpha value is -1.30. The second kappa shape index (κ2) is 7.89. The number of carbonyl (C=O) groups excluding carboxylic acids is 1. The van der Waals surface area contributed by atoms with Crippen molar-refractivity contribution >= 4 is 12.0 Å². The Bertz CT molecular complexity index is 256. The monoisotopic (exact) mass is 246 g/mol. The summed E-state index contributed by atoms with van der Waals surface area (Å²) < 4.78 is 4.73. The van der Waals surface area contributed by atoms with Gasteiger partial charge in [-0.3, -0.25) is 0 Å². The standard InChI is InChI=1S/C11H22N2O4/c1-8(2)5-6-13(3)11(16)12-9(7-17-4)10(14)15/h8-9H,5-7H2,1-4H3,(H,12,16)(H,14,15). The number of hydrogen-bond donors (Lipinski definition) is 2. The highest BCUT2D eigenvalue weighted by molar-refractivity contribution is 5.82. The van der Waals surface area contributed by atoms with Gasteiger partial charge in [0, 0.05) is 20.7 Å². The van der Waals surface area contributed by atoms with E-state index in [9.17, 15) is 9.59 Å². The predicted molar refractivity (Wildman–Crippen MR) is 63.9 cm³/mol.